The van der Waals surface area contributed by atoms with E-state index in [1.807, 2.05) is 0 Å². The van der Waals surface area contributed by atoms with Crippen LogP contribution in [0.25, 0.3) is 0 Å². The Kier molecular flexibility index (Phi) is 3.87. The Labute approximate surface area is 69.3 Å². The summed E-state index contributed by atoms with van der Waals surface area (Å²) < 4.78 is 5.04. The summed E-state index contributed by atoms with van der Waals surface area (Å²) in [4.78, 5) is 0. The normalized spacial score (nSPS) is 32.2. The van der Waals surface area contributed by atoms with Crippen LogP contribution < -0.4 is 5.32 Å². The number of hydrogen-bond acceptors (Lipinski definition) is 2. The third kappa shape index (κ3) is 3.21. The van der Waals surface area contributed by atoms with Gasteiger partial charge in [-0.15, -0.1) is 0 Å². The van der Waals surface area contributed by atoms with E-state index in [0.717, 1.165) is 6.61 Å². The lowest BCUT2D eigenvalue weighted by molar-refractivity contribution is 0.171. The first kappa shape index (κ1) is 9.01. The predicted octanol–water partition coefficient (Wildman–Crippen LogP) is 1.55. The van der Waals surface area contributed by atoms with Gasteiger partial charge in [0.15, 0.2) is 0 Å². The van der Waals surface area contributed by atoms with Crippen molar-refractivity contribution in [2.75, 3.05) is 13.7 Å². The van der Waals surface area contributed by atoms with Crippen molar-refractivity contribution in [2.45, 2.75) is 44.7 Å². The molecular formula is C9H19NO. The zero-order chi connectivity index (χ0) is 8.10. The van der Waals surface area contributed by atoms with Crippen molar-refractivity contribution in [3.8, 4) is 0 Å². The highest BCUT2D eigenvalue weighted by Crippen LogP contribution is 2.14. The van der Waals surface area contributed by atoms with Gasteiger partial charge in [0.2, 0.25) is 0 Å². The van der Waals surface area contributed by atoms with Gasteiger partial charge in [-0.1, -0.05) is 6.42 Å². The van der Waals surface area contributed by atoms with Crippen LogP contribution in [0.15, 0.2) is 0 Å². The number of piperidine rings is 1. The zero-order valence-electron chi connectivity index (χ0n) is 7.60. The number of ether oxygens (including phenoxy) is 1. The fourth-order valence-electron chi connectivity index (χ4n) is 1.73. The topological polar surface area (TPSA) is 21.3 Å². The van der Waals surface area contributed by atoms with Crippen molar-refractivity contribution < 1.29 is 4.74 Å². The molecule has 1 heterocycles. The number of methoxy groups -OCH3 is 1. The minimum absolute atomic E-state index is 0.707. The van der Waals surface area contributed by atoms with Gasteiger partial charge in [0.1, 0.15) is 0 Å². The Bertz CT molecular complexity index is 106. The largest absolute Gasteiger partial charge is 0.385 e. The van der Waals surface area contributed by atoms with Gasteiger partial charge in [-0.25, -0.2) is 0 Å². The first-order valence-corrected chi connectivity index (χ1v) is 4.58. The fraction of sp³-hybridized carbons (Fsp3) is 1.00. The van der Waals surface area contributed by atoms with Crippen molar-refractivity contribution in [2.24, 2.45) is 0 Å². The Balaban J connectivity index is 2.12. The molecule has 1 saturated heterocycles. The van der Waals surface area contributed by atoms with Crippen LogP contribution in [0.4, 0.5) is 0 Å². The second kappa shape index (κ2) is 4.73. The Morgan fingerprint density at radius 1 is 1.45 bits per heavy atom. The van der Waals surface area contributed by atoms with E-state index in [4.69, 9.17) is 4.74 Å². The maximum absolute atomic E-state index is 5.04. The molecule has 2 unspecified atom stereocenters. The van der Waals surface area contributed by atoms with Crippen molar-refractivity contribution in [1.29, 1.82) is 0 Å². The van der Waals surface area contributed by atoms with Gasteiger partial charge < -0.3 is 10.1 Å². The van der Waals surface area contributed by atoms with Gasteiger partial charge in [0.05, 0.1) is 0 Å². The van der Waals surface area contributed by atoms with E-state index >= 15 is 0 Å². The third-order valence-electron chi connectivity index (χ3n) is 2.38. The van der Waals surface area contributed by atoms with Crippen LogP contribution in [-0.2, 0) is 4.74 Å². The third-order valence-corrected chi connectivity index (χ3v) is 2.38. The lowest BCUT2D eigenvalue weighted by atomic mass is 9.98. The van der Waals surface area contributed by atoms with Gasteiger partial charge in [-0.3, -0.25) is 0 Å². The van der Waals surface area contributed by atoms with Crippen molar-refractivity contribution in [3.63, 3.8) is 0 Å². The maximum Gasteiger partial charge on any atom is 0.0477 e. The highest BCUT2D eigenvalue weighted by atomic mass is 16.5. The summed E-state index contributed by atoms with van der Waals surface area (Å²) in [5.74, 6) is 0. The maximum atomic E-state index is 5.04. The molecule has 2 nitrogen and oxygen atoms in total. The van der Waals surface area contributed by atoms with Crippen molar-refractivity contribution in [3.05, 3.63) is 0 Å². The molecule has 0 saturated carbocycles. The molecule has 11 heavy (non-hydrogen) atoms. The van der Waals surface area contributed by atoms with E-state index in [1.54, 1.807) is 7.11 Å². The highest BCUT2D eigenvalue weighted by Gasteiger charge is 2.16. The molecule has 0 bridgehead atoms. The Morgan fingerprint density at radius 3 is 2.91 bits per heavy atom. The molecule has 0 aliphatic carbocycles. The minimum Gasteiger partial charge on any atom is -0.385 e. The van der Waals surface area contributed by atoms with Crippen LogP contribution in [-0.4, -0.2) is 25.8 Å². The summed E-state index contributed by atoms with van der Waals surface area (Å²) in [6, 6.07) is 1.42. The molecule has 2 atom stereocenters. The fourth-order valence-corrected chi connectivity index (χ4v) is 1.73. The number of hydrogen-bond donors (Lipinski definition) is 1. The van der Waals surface area contributed by atoms with Crippen LogP contribution in [0, 0.1) is 0 Å². The van der Waals surface area contributed by atoms with Crippen molar-refractivity contribution >= 4 is 0 Å². The molecule has 0 radical (unpaired) electrons. The first-order chi connectivity index (χ1) is 5.33. The summed E-state index contributed by atoms with van der Waals surface area (Å²) in [6.07, 6.45) is 5.21. The van der Waals surface area contributed by atoms with E-state index in [1.165, 1.54) is 25.7 Å². The van der Waals surface area contributed by atoms with E-state index in [2.05, 4.69) is 12.2 Å². The molecule has 2 heteroatoms. The first-order valence-electron chi connectivity index (χ1n) is 4.58. The molecule has 1 fully saturated rings. The molecule has 0 aromatic rings. The standard InChI is InChI=1S/C9H19NO/c1-8-4-3-5-9(10-8)6-7-11-2/h8-10H,3-7H2,1-2H3. The molecule has 66 valence electrons. The molecule has 1 N–H and O–H groups in total. The molecule has 0 aromatic heterocycles. The molecule has 1 aliphatic heterocycles. The summed E-state index contributed by atoms with van der Waals surface area (Å²) in [5, 5.41) is 3.57. The van der Waals surface area contributed by atoms with Crippen LogP contribution >= 0.6 is 0 Å². The Morgan fingerprint density at radius 2 is 2.27 bits per heavy atom. The van der Waals surface area contributed by atoms with E-state index in [-0.39, 0.29) is 0 Å². The van der Waals surface area contributed by atoms with Gasteiger partial charge in [-0.05, 0) is 26.2 Å². The summed E-state index contributed by atoms with van der Waals surface area (Å²) in [5.41, 5.74) is 0. The van der Waals surface area contributed by atoms with Gasteiger partial charge in [-0.2, -0.15) is 0 Å². The van der Waals surface area contributed by atoms with Gasteiger partial charge in [0, 0.05) is 25.8 Å². The van der Waals surface area contributed by atoms with E-state index in [0.29, 0.717) is 12.1 Å². The van der Waals surface area contributed by atoms with Gasteiger partial charge in [0.25, 0.3) is 0 Å². The van der Waals surface area contributed by atoms with Crippen molar-refractivity contribution in [1.82, 2.24) is 5.32 Å². The van der Waals surface area contributed by atoms with Crippen LogP contribution in [0.2, 0.25) is 0 Å². The quantitative estimate of drug-likeness (QED) is 0.671. The average Bonchev–Trinajstić information content (AvgIpc) is 2.01. The second-order valence-corrected chi connectivity index (χ2v) is 3.48. The average molecular weight is 157 g/mol. The summed E-state index contributed by atoms with van der Waals surface area (Å²) in [7, 11) is 1.77. The lowest BCUT2D eigenvalue weighted by Gasteiger charge is -2.28. The smallest absolute Gasteiger partial charge is 0.0477 e. The van der Waals surface area contributed by atoms with Crippen LogP contribution in [0.5, 0.6) is 0 Å². The zero-order valence-corrected chi connectivity index (χ0v) is 7.60. The molecule has 1 rings (SSSR count). The monoisotopic (exact) mass is 157 g/mol. The van der Waals surface area contributed by atoms with Crippen LogP contribution in [0.1, 0.15) is 32.6 Å². The summed E-state index contributed by atoms with van der Waals surface area (Å²) >= 11 is 0. The van der Waals surface area contributed by atoms with E-state index in [9.17, 15) is 0 Å². The van der Waals surface area contributed by atoms with Crippen LogP contribution in [0.3, 0.4) is 0 Å². The predicted molar refractivity (Wildman–Crippen MR) is 46.7 cm³/mol. The Hall–Kier alpha value is -0.0800. The molecule has 0 amide bonds. The second-order valence-electron chi connectivity index (χ2n) is 3.48. The van der Waals surface area contributed by atoms with Gasteiger partial charge >= 0.3 is 0 Å². The SMILES string of the molecule is COCCC1CCCC(C)N1. The minimum atomic E-state index is 0.707. The number of nitrogens with one attached hydrogen (secondary N) is 1. The molecule has 1 aliphatic rings. The lowest BCUT2D eigenvalue weighted by Crippen LogP contribution is -2.40. The molecular weight excluding hydrogens is 138 g/mol. The van der Waals surface area contributed by atoms with E-state index < -0.39 is 0 Å². The highest BCUT2D eigenvalue weighted by molar-refractivity contribution is 4.77. The molecule has 0 aromatic carbocycles. The molecule has 0 spiro atoms. The number of rotatable bonds is 3. The summed E-state index contributed by atoms with van der Waals surface area (Å²) in [6.45, 7) is 3.16.